The largest absolute Gasteiger partial charge is 0.386 e. The molecule has 0 unspecified atom stereocenters. The molecule has 15 heavy (non-hydrogen) atoms. The molecule has 1 N–H and O–H groups in total. The standard InChI is InChI=1S/C11H13BrN2S/c1-6(2)11-14-10-8(13-3)4-7(12)5-9(10)15-11/h4-6,13H,1-3H3. The van der Waals surface area contributed by atoms with Gasteiger partial charge in [0.1, 0.15) is 5.52 Å². The molecule has 0 fully saturated rings. The quantitative estimate of drug-likeness (QED) is 0.893. The van der Waals surface area contributed by atoms with Crippen molar-refractivity contribution in [2.45, 2.75) is 19.8 Å². The van der Waals surface area contributed by atoms with Crippen molar-refractivity contribution in [3.63, 3.8) is 0 Å². The van der Waals surface area contributed by atoms with Crippen LogP contribution < -0.4 is 5.32 Å². The minimum Gasteiger partial charge on any atom is -0.386 e. The Kier molecular flexibility index (Phi) is 2.98. The molecule has 0 aliphatic rings. The van der Waals surface area contributed by atoms with E-state index in [0.29, 0.717) is 5.92 Å². The van der Waals surface area contributed by atoms with E-state index in [2.05, 4.69) is 52.2 Å². The number of aromatic nitrogens is 1. The molecule has 0 aliphatic carbocycles. The minimum absolute atomic E-state index is 0.492. The van der Waals surface area contributed by atoms with Crippen molar-refractivity contribution >= 4 is 43.2 Å². The number of rotatable bonds is 2. The molecular weight excluding hydrogens is 272 g/mol. The van der Waals surface area contributed by atoms with E-state index in [4.69, 9.17) is 0 Å². The lowest BCUT2D eigenvalue weighted by Crippen LogP contribution is -1.90. The summed E-state index contributed by atoms with van der Waals surface area (Å²) in [4.78, 5) is 4.66. The van der Waals surface area contributed by atoms with E-state index in [1.54, 1.807) is 11.3 Å². The Morgan fingerprint density at radius 3 is 2.73 bits per heavy atom. The maximum atomic E-state index is 4.66. The molecule has 0 amide bonds. The second-order valence-electron chi connectivity index (χ2n) is 3.76. The second-order valence-corrected chi connectivity index (χ2v) is 5.73. The second kappa shape index (κ2) is 4.10. The first-order valence-corrected chi connectivity index (χ1v) is 6.50. The van der Waals surface area contributed by atoms with Crippen molar-refractivity contribution in [3.8, 4) is 0 Å². The number of halogens is 1. The Hall–Kier alpha value is -0.610. The Morgan fingerprint density at radius 1 is 1.40 bits per heavy atom. The molecule has 80 valence electrons. The molecule has 2 rings (SSSR count). The summed E-state index contributed by atoms with van der Waals surface area (Å²) < 4.78 is 2.33. The lowest BCUT2D eigenvalue weighted by Gasteiger charge is -2.01. The Labute approximate surface area is 102 Å². The van der Waals surface area contributed by atoms with Crippen LogP contribution in [-0.4, -0.2) is 12.0 Å². The van der Waals surface area contributed by atoms with Crippen LogP contribution in [0.4, 0.5) is 5.69 Å². The number of fused-ring (bicyclic) bond motifs is 1. The van der Waals surface area contributed by atoms with Gasteiger partial charge in [-0.1, -0.05) is 29.8 Å². The highest BCUT2D eigenvalue weighted by molar-refractivity contribution is 9.10. The molecule has 0 saturated heterocycles. The lowest BCUT2D eigenvalue weighted by atomic mass is 10.2. The smallest absolute Gasteiger partial charge is 0.105 e. The number of nitrogens with zero attached hydrogens (tertiary/aromatic N) is 1. The first-order valence-electron chi connectivity index (χ1n) is 4.89. The Balaban J connectivity index is 2.68. The molecule has 1 heterocycles. The highest BCUT2D eigenvalue weighted by Gasteiger charge is 2.10. The van der Waals surface area contributed by atoms with E-state index in [9.17, 15) is 0 Å². The summed E-state index contributed by atoms with van der Waals surface area (Å²) in [6.07, 6.45) is 0. The summed E-state index contributed by atoms with van der Waals surface area (Å²) >= 11 is 5.28. The van der Waals surface area contributed by atoms with Gasteiger partial charge in [0.05, 0.1) is 15.4 Å². The number of nitrogens with one attached hydrogen (secondary N) is 1. The van der Waals surface area contributed by atoms with Gasteiger partial charge in [-0.3, -0.25) is 0 Å². The zero-order chi connectivity index (χ0) is 11.0. The molecule has 2 aromatic rings. The van der Waals surface area contributed by atoms with Gasteiger partial charge in [0.25, 0.3) is 0 Å². The van der Waals surface area contributed by atoms with Crippen LogP contribution in [0.15, 0.2) is 16.6 Å². The summed E-state index contributed by atoms with van der Waals surface area (Å²) in [7, 11) is 1.93. The molecule has 1 aromatic carbocycles. The average molecular weight is 285 g/mol. The van der Waals surface area contributed by atoms with Crippen LogP contribution in [0.3, 0.4) is 0 Å². The first-order chi connectivity index (χ1) is 7.11. The van der Waals surface area contributed by atoms with Crippen LogP contribution in [0.1, 0.15) is 24.8 Å². The van der Waals surface area contributed by atoms with Crippen LogP contribution in [0.2, 0.25) is 0 Å². The normalized spacial score (nSPS) is 11.3. The molecule has 1 aromatic heterocycles. The Morgan fingerprint density at radius 2 is 2.13 bits per heavy atom. The van der Waals surface area contributed by atoms with Gasteiger partial charge in [0, 0.05) is 17.4 Å². The summed E-state index contributed by atoms with van der Waals surface area (Å²) in [6.45, 7) is 4.34. The topological polar surface area (TPSA) is 24.9 Å². The molecule has 0 aliphatic heterocycles. The van der Waals surface area contributed by atoms with Crippen molar-refractivity contribution in [2.75, 3.05) is 12.4 Å². The molecule has 0 atom stereocenters. The van der Waals surface area contributed by atoms with Crippen molar-refractivity contribution in [1.82, 2.24) is 4.98 Å². The van der Waals surface area contributed by atoms with Gasteiger partial charge in [-0.2, -0.15) is 0 Å². The van der Waals surface area contributed by atoms with Gasteiger partial charge in [-0.05, 0) is 12.1 Å². The third kappa shape index (κ3) is 2.01. The van der Waals surface area contributed by atoms with Crippen molar-refractivity contribution in [3.05, 3.63) is 21.6 Å². The number of hydrogen-bond acceptors (Lipinski definition) is 3. The number of benzene rings is 1. The van der Waals surface area contributed by atoms with Crippen molar-refractivity contribution in [2.24, 2.45) is 0 Å². The molecule has 0 saturated carbocycles. The molecule has 0 spiro atoms. The van der Waals surface area contributed by atoms with Crippen LogP contribution in [-0.2, 0) is 0 Å². The summed E-state index contributed by atoms with van der Waals surface area (Å²) in [5.41, 5.74) is 2.16. The molecular formula is C11H13BrN2S. The maximum Gasteiger partial charge on any atom is 0.105 e. The van der Waals surface area contributed by atoms with Gasteiger partial charge in [-0.15, -0.1) is 11.3 Å². The van der Waals surface area contributed by atoms with Gasteiger partial charge >= 0.3 is 0 Å². The van der Waals surface area contributed by atoms with E-state index in [1.807, 2.05) is 7.05 Å². The highest BCUT2D eigenvalue weighted by atomic mass is 79.9. The van der Waals surface area contributed by atoms with Gasteiger partial charge in [-0.25, -0.2) is 4.98 Å². The Bertz CT molecular complexity index is 491. The van der Waals surface area contributed by atoms with Gasteiger partial charge in [0.2, 0.25) is 0 Å². The van der Waals surface area contributed by atoms with Crippen molar-refractivity contribution < 1.29 is 0 Å². The van der Waals surface area contributed by atoms with E-state index in [0.717, 1.165) is 15.7 Å². The van der Waals surface area contributed by atoms with Crippen LogP contribution in [0.25, 0.3) is 10.2 Å². The van der Waals surface area contributed by atoms with Crippen molar-refractivity contribution in [1.29, 1.82) is 0 Å². The van der Waals surface area contributed by atoms with Crippen LogP contribution >= 0.6 is 27.3 Å². The highest BCUT2D eigenvalue weighted by Crippen LogP contribution is 2.34. The van der Waals surface area contributed by atoms with Crippen LogP contribution in [0, 0.1) is 0 Å². The zero-order valence-corrected chi connectivity index (χ0v) is 11.4. The molecule has 4 heteroatoms. The number of hydrogen-bond donors (Lipinski definition) is 1. The SMILES string of the molecule is CNc1cc(Br)cc2sc(C(C)C)nc12. The van der Waals surface area contributed by atoms with Crippen LogP contribution in [0.5, 0.6) is 0 Å². The van der Waals surface area contributed by atoms with Gasteiger partial charge < -0.3 is 5.32 Å². The molecule has 0 bridgehead atoms. The fourth-order valence-electron chi connectivity index (χ4n) is 1.45. The van der Waals surface area contributed by atoms with Gasteiger partial charge in [0.15, 0.2) is 0 Å². The molecule has 0 radical (unpaired) electrons. The van der Waals surface area contributed by atoms with E-state index in [1.165, 1.54) is 9.71 Å². The van der Waals surface area contributed by atoms with E-state index in [-0.39, 0.29) is 0 Å². The lowest BCUT2D eigenvalue weighted by molar-refractivity contribution is 0.857. The third-order valence-electron chi connectivity index (χ3n) is 2.24. The fraction of sp³-hybridized carbons (Fsp3) is 0.364. The molecule has 2 nitrogen and oxygen atoms in total. The third-order valence-corrected chi connectivity index (χ3v) is 4.00. The number of thiazole rings is 1. The minimum atomic E-state index is 0.492. The number of anilines is 1. The van der Waals surface area contributed by atoms with E-state index >= 15 is 0 Å². The summed E-state index contributed by atoms with van der Waals surface area (Å²) in [6, 6.07) is 4.19. The maximum absolute atomic E-state index is 4.66. The summed E-state index contributed by atoms with van der Waals surface area (Å²) in [5, 5.41) is 4.37. The van der Waals surface area contributed by atoms with E-state index < -0.39 is 0 Å². The predicted octanol–water partition coefficient (Wildman–Crippen LogP) is 4.22. The zero-order valence-electron chi connectivity index (χ0n) is 8.97. The average Bonchev–Trinajstić information content (AvgIpc) is 2.59. The predicted molar refractivity (Wildman–Crippen MR) is 71.0 cm³/mol. The first kappa shape index (κ1) is 10.9. The fourth-order valence-corrected chi connectivity index (χ4v) is 3.10. The summed E-state index contributed by atoms with van der Waals surface area (Å²) in [5.74, 6) is 0.492. The monoisotopic (exact) mass is 284 g/mol.